The molecule has 4 nitrogen and oxygen atoms in total. The number of hydrogen-bond acceptors (Lipinski definition) is 3. The number of carboxylic acids is 1. The van der Waals surface area contributed by atoms with E-state index < -0.39 is 10.7 Å². The topological polar surface area (TPSA) is 55.1 Å². The van der Waals surface area contributed by atoms with Crippen molar-refractivity contribution in [3.05, 3.63) is 16.4 Å². The molecule has 0 bridgehead atoms. The SMILES string of the molecule is Cc1nn(C)c(CSC(C)(C)C(=O)O)c1Cl. The van der Waals surface area contributed by atoms with Crippen molar-refractivity contribution < 1.29 is 9.90 Å². The summed E-state index contributed by atoms with van der Waals surface area (Å²) in [4.78, 5) is 10.9. The van der Waals surface area contributed by atoms with Gasteiger partial charge in [0.2, 0.25) is 0 Å². The van der Waals surface area contributed by atoms with Crippen molar-refractivity contribution in [1.29, 1.82) is 0 Å². The summed E-state index contributed by atoms with van der Waals surface area (Å²) in [6, 6.07) is 0. The van der Waals surface area contributed by atoms with E-state index in [-0.39, 0.29) is 0 Å². The fourth-order valence-corrected chi connectivity index (χ4v) is 2.41. The minimum atomic E-state index is -0.826. The first-order valence-corrected chi connectivity index (χ1v) is 6.17. The monoisotopic (exact) mass is 262 g/mol. The Morgan fingerprint density at radius 1 is 1.62 bits per heavy atom. The highest BCUT2D eigenvalue weighted by Gasteiger charge is 2.28. The first kappa shape index (κ1) is 13.4. The summed E-state index contributed by atoms with van der Waals surface area (Å²) >= 11 is 7.42. The van der Waals surface area contributed by atoms with Crippen LogP contribution in [-0.2, 0) is 17.6 Å². The molecule has 6 heteroatoms. The third-order valence-corrected chi connectivity index (χ3v) is 4.15. The Labute approximate surface area is 104 Å². The highest BCUT2D eigenvalue weighted by molar-refractivity contribution is 8.00. The highest BCUT2D eigenvalue weighted by atomic mass is 35.5. The van der Waals surface area contributed by atoms with Crippen molar-refractivity contribution in [3.63, 3.8) is 0 Å². The summed E-state index contributed by atoms with van der Waals surface area (Å²) in [5.41, 5.74) is 1.63. The zero-order valence-corrected chi connectivity index (χ0v) is 11.3. The van der Waals surface area contributed by atoms with E-state index in [0.717, 1.165) is 11.4 Å². The molecule has 90 valence electrons. The van der Waals surface area contributed by atoms with Gasteiger partial charge in [-0.3, -0.25) is 9.48 Å². The Balaban J connectivity index is 2.79. The lowest BCUT2D eigenvalue weighted by Crippen LogP contribution is -2.27. The Kier molecular flexibility index (Phi) is 3.91. The first-order chi connectivity index (χ1) is 7.25. The van der Waals surface area contributed by atoms with Crippen LogP contribution in [0, 0.1) is 6.92 Å². The molecule has 0 spiro atoms. The molecule has 0 radical (unpaired) electrons. The first-order valence-electron chi connectivity index (χ1n) is 4.81. The normalized spacial score (nSPS) is 11.8. The second-order valence-corrected chi connectivity index (χ2v) is 6.05. The summed E-state index contributed by atoms with van der Waals surface area (Å²) in [7, 11) is 1.81. The average Bonchev–Trinajstić information content (AvgIpc) is 2.39. The van der Waals surface area contributed by atoms with Crippen molar-refractivity contribution >= 4 is 29.3 Å². The number of nitrogens with zero attached hydrogens (tertiary/aromatic N) is 2. The van der Waals surface area contributed by atoms with Crippen LogP contribution in [0.4, 0.5) is 0 Å². The Bertz CT molecular complexity index is 415. The molecule has 0 atom stereocenters. The predicted octanol–water partition coefficient (Wildman–Crippen LogP) is 2.48. The molecule has 0 aromatic carbocycles. The smallest absolute Gasteiger partial charge is 0.319 e. The molecular formula is C10H15ClN2O2S. The third kappa shape index (κ3) is 2.71. The molecule has 0 saturated carbocycles. The largest absolute Gasteiger partial charge is 0.480 e. The van der Waals surface area contributed by atoms with Crippen molar-refractivity contribution in [1.82, 2.24) is 9.78 Å². The molecule has 16 heavy (non-hydrogen) atoms. The molecule has 0 aliphatic carbocycles. The Hall–Kier alpha value is -0.680. The molecule has 0 aliphatic rings. The van der Waals surface area contributed by atoms with Gasteiger partial charge in [-0.2, -0.15) is 5.10 Å². The van der Waals surface area contributed by atoms with Gasteiger partial charge in [-0.15, -0.1) is 11.8 Å². The van der Waals surface area contributed by atoms with Crippen molar-refractivity contribution in [2.45, 2.75) is 31.3 Å². The molecule has 1 rings (SSSR count). The summed E-state index contributed by atoms with van der Waals surface area (Å²) < 4.78 is 0.879. The van der Waals surface area contributed by atoms with E-state index >= 15 is 0 Å². The van der Waals surface area contributed by atoms with Gasteiger partial charge in [0.25, 0.3) is 0 Å². The van der Waals surface area contributed by atoms with Gasteiger partial charge in [-0.05, 0) is 20.8 Å². The molecule has 1 N–H and O–H groups in total. The Morgan fingerprint density at radius 3 is 2.56 bits per heavy atom. The number of rotatable bonds is 4. The molecule has 0 unspecified atom stereocenters. The van der Waals surface area contributed by atoms with Gasteiger partial charge in [0, 0.05) is 12.8 Å². The van der Waals surface area contributed by atoms with E-state index in [1.54, 1.807) is 18.5 Å². The standard InChI is InChI=1S/C10H15ClN2O2S/c1-6-8(11)7(13(4)12-6)5-16-10(2,3)9(14)15/h5H2,1-4H3,(H,14,15). The summed E-state index contributed by atoms with van der Waals surface area (Å²) in [5, 5.41) is 13.8. The van der Waals surface area contributed by atoms with Crippen LogP contribution in [0.2, 0.25) is 5.02 Å². The van der Waals surface area contributed by atoms with E-state index in [9.17, 15) is 4.79 Å². The van der Waals surface area contributed by atoms with Crippen LogP contribution in [0.25, 0.3) is 0 Å². The van der Waals surface area contributed by atoms with Gasteiger partial charge in [0.05, 0.1) is 16.4 Å². The maximum absolute atomic E-state index is 10.9. The van der Waals surface area contributed by atoms with E-state index in [2.05, 4.69) is 5.10 Å². The van der Waals surface area contributed by atoms with Crippen LogP contribution in [-0.4, -0.2) is 25.6 Å². The number of aromatic nitrogens is 2. The molecule has 1 aromatic rings. The summed E-state index contributed by atoms with van der Waals surface area (Å²) in [5.74, 6) is -0.289. The fraction of sp³-hybridized carbons (Fsp3) is 0.600. The number of halogens is 1. The second kappa shape index (κ2) is 4.67. The van der Waals surface area contributed by atoms with E-state index in [0.29, 0.717) is 10.8 Å². The lowest BCUT2D eigenvalue weighted by atomic mass is 10.2. The molecule has 0 aliphatic heterocycles. The van der Waals surface area contributed by atoms with Gasteiger partial charge < -0.3 is 5.11 Å². The van der Waals surface area contributed by atoms with Gasteiger partial charge in [0.1, 0.15) is 4.75 Å². The quantitative estimate of drug-likeness (QED) is 0.906. The summed E-state index contributed by atoms with van der Waals surface area (Å²) in [6.45, 7) is 5.19. The van der Waals surface area contributed by atoms with Crippen LogP contribution < -0.4 is 0 Å². The third-order valence-electron chi connectivity index (χ3n) is 2.35. The van der Waals surface area contributed by atoms with Crippen LogP contribution in [0.15, 0.2) is 0 Å². The van der Waals surface area contributed by atoms with Crippen molar-refractivity contribution in [3.8, 4) is 0 Å². The maximum Gasteiger partial charge on any atom is 0.319 e. The number of hydrogen-bond donors (Lipinski definition) is 1. The minimum Gasteiger partial charge on any atom is -0.480 e. The van der Waals surface area contributed by atoms with E-state index in [4.69, 9.17) is 16.7 Å². The zero-order valence-electron chi connectivity index (χ0n) is 9.74. The number of carboxylic acid groups (broad SMARTS) is 1. The average molecular weight is 263 g/mol. The molecule has 0 amide bonds. The molecule has 0 fully saturated rings. The number of aryl methyl sites for hydroxylation is 2. The molecular weight excluding hydrogens is 248 g/mol. The summed E-state index contributed by atoms with van der Waals surface area (Å²) in [6.07, 6.45) is 0. The lowest BCUT2D eigenvalue weighted by Gasteiger charge is -2.18. The second-order valence-electron chi connectivity index (χ2n) is 4.07. The predicted molar refractivity (Wildman–Crippen MR) is 66.0 cm³/mol. The maximum atomic E-state index is 10.9. The number of aliphatic carboxylic acids is 1. The van der Waals surface area contributed by atoms with Crippen molar-refractivity contribution in [2.75, 3.05) is 0 Å². The van der Waals surface area contributed by atoms with Gasteiger partial charge >= 0.3 is 5.97 Å². The number of thioether (sulfide) groups is 1. The fourth-order valence-electron chi connectivity index (χ4n) is 1.15. The molecule has 0 saturated heterocycles. The van der Waals surface area contributed by atoms with E-state index in [1.807, 2.05) is 14.0 Å². The van der Waals surface area contributed by atoms with Crippen LogP contribution >= 0.6 is 23.4 Å². The van der Waals surface area contributed by atoms with Gasteiger partial charge in [0.15, 0.2) is 0 Å². The molecule has 1 aromatic heterocycles. The highest BCUT2D eigenvalue weighted by Crippen LogP contribution is 2.31. The van der Waals surface area contributed by atoms with Crippen LogP contribution in [0.5, 0.6) is 0 Å². The lowest BCUT2D eigenvalue weighted by molar-refractivity contribution is -0.138. The minimum absolute atomic E-state index is 0.537. The zero-order chi connectivity index (χ0) is 12.5. The van der Waals surface area contributed by atoms with Crippen LogP contribution in [0.1, 0.15) is 25.2 Å². The van der Waals surface area contributed by atoms with Crippen molar-refractivity contribution in [2.24, 2.45) is 7.05 Å². The van der Waals surface area contributed by atoms with Gasteiger partial charge in [-0.25, -0.2) is 0 Å². The Morgan fingerprint density at radius 2 is 2.19 bits per heavy atom. The molecule has 1 heterocycles. The number of carbonyl (C=O) groups is 1. The van der Waals surface area contributed by atoms with Crippen LogP contribution in [0.3, 0.4) is 0 Å². The van der Waals surface area contributed by atoms with E-state index in [1.165, 1.54) is 11.8 Å². The van der Waals surface area contributed by atoms with Gasteiger partial charge in [-0.1, -0.05) is 11.6 Å².